The Morgan fingerprint density at radius 2 is 2.47 bits per heavy atom. The highest BCUT2D eigenvalue weighted by molar-refractivity contribution is 7.09. The molecule has 0 aliphatic heterocycles. The van der Waals surface area contributed by atoms with Crippen molar-refractivity contribution in [3.8, 4) is 0 Å². The van der Waals surface area contributed by atoms with Crippen molar-refractivity contribution >= 4 is 11.3 Å². The van der Waals surface area contributed by atoms with Crippen molar-refractivity contribution in [2.24, 2.45) is 0 Å². The summed E-state index contributed by atoms with van der Waals surface area (Å²) in [5, 5.41) is 15.0. The molecule has 2 aromatic rings. The summed E-state index contributed by atoms with van der Waals surface area (Å²) in [5.41, 5.74) is 0. The minimum atomic E-state index is -0.433. The van der Waals surface area contributed by atoms with Crippen LogP contribution in [0.15, 0.2) is 22.0 Å². The summed E-state index contributed by atoms with van der Waals surface area (Å²) in [7, 11) is 0. The molecule has 0 amide bonds. The van der Waals surface area contributed by atoms with E-state index in [0.29, 0.717) is 24.6 Å². The fourth-order valence-corrected chi connectivity index (χ4v) is 1.97. The summed E-state index contributed by atoms with van der Waals surface area (Å²) in [4.78, 5) is 5.39. The Labute approximate surface area is 91.6 Å². The van der Waals surface area contributed by atoms with Gasteiger partial charge in [-0.05, 0) is 18.4 Å². The first-order valence-electron chi connectivity index (χ1n) is 4.76. The molecule has 0 saturated carbocycles. The van der Waals surface area contributed by atoms with E-state index < -0.39 is 6.10 Å². The second-order valence-corrected chi connectivity index (χ2v) is 4.45. The van der Waals surface area contributed by atoms with Gasteiger partial charge < -0.3 is 9.63 Å². The largest absolute Gasteiger partial charge is 0.393 e. The fourth-order valence-electron chi connectivity index (χ4n) is 1.27. The van der Waals surface area contributed by atoms with Crippen molar-refractivity contribution in [1.82, 2.24) is 10.1 Å². The lowest BCUT2D eigenvalue weighted by Gasteiger charge is -1.95. The van der Waals surface area contributed by atoms with E-state index in [-0.39, 0.29) is 0 Å². The van der Waals surface area contributed by atoms with Gasteiger partial charge in [0.05, 0.1) is 12.5 Å². The zero-order valence-electron chi connectivity index (χ0n) is 8.38. The molecule has 2 rings (SSSR count). The molecule has 1 atom stereocenters. The number of aliphatic hydroxyl groups excluding tert-OH is 1. The van der Waals surface area contributed by atoms with Gasteiger partial charge in [0.25, 0.3) is 0 Å². The molecular weight excluding hydrogens is 212 g/mol. The van der Waals surface area contributed by atoms with E-state index in [9.17, 15) is 0 Å². The van der Waals surface area contributed by atoms with Crippen LogP contribution >= 0.6 is 11.3 Å². The molecule has 0 aromatic carbocycles. The average molecular weight is 224 g/mol. The highest BCUT2D eigenvalue weighted by Crippen LogP contribution is 2.13. The van der Waals surface area contributed by atoms with Crippen LogP contribution < -0.4 is 0 Å². The normalized spacial score (nSPS) is 12.9. The molecule has 0 aliphatic rings. The predicted octanol–water partition coefficient (Wildman–Crippen LogP) is 1.65. The molecule has 15 heavy (non-hydrogen) atoms. The number of rotatable bonds is 4. The van der Waals surface area contributed by atoms with Crippen molar-refractivity contribution in [3.63, 3.8) is 0 Å². The van der Waals surface area contributed by atoms with Crippen LogP contribution in [0.5, 0.6) is 0 Å². The van der Waals surface area contributed by atoms with Crippen LogP contribution in [0.4, 0.5) is 0 Å². The summed E-state index contributed by atoms with van der Waals surface area (Å²) >= 11 is 1.66. The Kier molecular flexibility index (Phi) is 3.13. The van der Waals surface area contributed by atoms with E-state index in [4.69, 9.17) is 9.63 Å². The summed E-state index contributed by atoms with van der Waals surface area (Å²) in [5.74, 6) is 1.17. The van der Waals surface area contributed by atoms with Gasteiger partial charge in [-0.3, -0.25) is 0 Å². The van der Waals surface area contributed by atoms with Crippen LogP contribution in [0.3, 0.4) is 0 Å². The Hall–Kier alpha value is -1.20. The van der Waals surface area contributed by atoms with E-state index in [1.165, 1.54) is 4.88 Å². The summed E-state index contributed by atoms with van der Waals surface area (Å²) in [6, 6.07) is 4.02. The molecule has 0 radical (unpaired) electrons. The van der Waals surface area contributed by atoms with E-state index in [0.717, 1.165) is 0 Å². The maximum Gasteiger partial charge on any atom is 0.231 e. The molecule has 2 heterocycles. The summed E-state index contributed by atoms with van der Waals surface area (Å²) in [6.45, 7) is 1.70. The minimum Gasteiger partial charge on any atom is -0.393 e. The number of thiophene rings is 1. The SMILES string of the molecule is CC(O)Cc1noc(Cc2cccs2)n1. The van der Waals surface area contributed by atoms with Gasteiger partial charge in [-0.15, -0.1) is 11.3 Å². The molecule has 2 aromatic heterocycles. The predicted molar refractivity (Wildman–Crippen MR) is 56.8 cm³/mol. The van der Waals surface area contributed by atoms with E-state index in [1.54, 1.807) is 18.3 Å². The zero-order valence-corrected chi connectivity index (χ0v) is 9.20. The molecule has 0 saturated heterocycles. The van der Waals surface area contributed by atoms with Crippen LogP contribution in [-0.2, 0) is 12.8 Å². The van der Waals surface area contributed by atoms with Gasteiger partial charge in [-0.25, -0.2) is 0 Å². The van der Waals surface area contributed by atoms with Gasteiger partial charge in [0, 0.05) is 11.3 Å². The summed E-state index contributed by atoms with van der Waals surface area (Å²) in [6.07, 6.45) is 0.676. The lowest BCUT2D eigenvalue weighted by Crippen LogP contribution is -2.05. The van der Waals surface area contributed by atoms with E-state index in [1.807, 2.05) is 17.5 Å². The first-order valence-corrected chi connectivity index (χ1v) is 5.64. The zero-order chi connectivity index (χ0) is 10.7. The molecule has 4 nitrogen and oxygen atoms in total. The van der Waals surface area contributed by atoms with Crippen LogP contribution in [0.25, 0.3) is 0 Å². The van der Waals surface area contributed by atoms with Crippen molar-refractivity contribution < 1.29 is 9.63 Å². The number of aliphatic hydroxyl groups is 1. The van der Waals surface area contributed by atoms with Crippen molar-refractivity contribution in [2.75, 3.05) is 0 Å². The quantitative estimate of drug-likeness (QED) is 0.857. The van der Waals surface area contributed by atoms with Crippen LogP contribution in [0.1, 0.15) is 23.5 Å². The molecule has 0 bridgehead atoms. The lowest BCUT2D eigenvalue weighted by atomic mass is 10.3. The number of hydrogen-bond acceptors (Lipinski definition) is 5. The fraction of sp³-hybridized carbons (Fsp3) is 0.400. The minimum absolute atomic E-state index is 0.433. The maximum absolute atomic E-state index is 9.15. The topological polar surface area (TPSA) is 59.2 Å². The van der Waals surface area contributed by atoms with Gasteiger partial charge in [0.1, 0.15) is 0 Å². The standard InChI is InChI=1S/C10H12N2O2S/c1-7(13)5-9-11-10(14-12-9)6-8-3-2-4-15-8/h2-4,7,13H,5-6H2,1H3. The third-order valence-corrected chi connectivity index (χ3v) is 2.77. The van der Waals surface area contributed by atoms with Crippen LogP contribution in [0, 0.1) is 0 Å². The first kappa shape index (κ1) is 10.3. The highest BCUT2D eigenvalue weighted by atomic mass is 32.1. The van der Waals surface area contributed by atoms with Gasteiger partial charge in [-0.1, -0.05) is 11.2 Å². The van der Waals surface area contributed by atoms with Crippen LogP contribution in [-0.4, -0.2) is 21.4 Å². The Morgan fingerprint density at radius 1 is 1.60 bits per heavy atom. The third-order valence-electron chi connectivity index (χ3n) is 1.89. The number of aromatic nitrogens is 2. The molecule has 5 heteroatoms. The van der Waals surface area contributed by atoms with Gasteiger partial charge in [-0.2, -0.15) is 4.98 Å². The Bertz CT molecular complexity index is 409. The molecular formula is C10H12N2O2S. The number of nitrogens with zero attached hydrogens (tertiary/aromatic N) is 2. The van der Waals surface area contributed by atoms with Gasteiger partial charge >= 0.3 is 0 Å². The van der Waals surface area contributed by atoms with E-state index >= 15 is 0 Å². The smallest absolute Gasteiger partial charge is 0.231 e. The highest BCUT2D eigenvalue weighted by Gasteiger charge is 2.09. The van der Waals surface area contributed by atoms with Gasteiger partial charge in [0.2, 0.25) is 5.89 Å². The molecule has 0 spiro atoms. The van der Waals surface area contributed by atoms with E-state index in [2.05, 4.69) is 10.1 Å². The second-order valence-electron chi connectivity index (χ2n) is 3.41. The first-order chi connectivity index (χ1) is 7.24. The van der Waals surface area contributed by atoms with Crippen molar-refractivity contribution in [3.05, 3.63) is 34.1 Å². The Morgan fingerprint density at radius 3 is 3.13 bits per heavy atom. The lowest BCUT2D eigenvalue weighted by molar-refractivity contribution is 0.191. The number of hydrogen-bond donors (Lipinski definition) is 1. The van der Waals surface area contributed by atoms with Crippen molar-refractivity contribution in [2.45, 2.75) is 25.9 Å². The van der Waals surface area contributed by atoms with Crippen LogP contribution in [0.2, 0.25) is 0 Å². The second kappa shape index (κ2) is 4.55. The molecule has 1 N–H and O–H groups in total. The molecule has 0 fully saturated rings. The van der Waals surface area contributed by atoms with Gasteiger partial charge in [0.15, 0.2) is 5.82 Å². The summed E-state index contributed by atoms with van der Waals surface area (Å²) < 4.78 is 5.07. The van der Waals surface area contributed by atoms with Crippen molar-refractivity contribution in [1.29, 1.82) is 0 Å². The molecule has 0 aliphatic carbocycles. The molecule has 1 unspecified atom stereocenters. The Balaban J connectivity index is 2.01. The molecule has 80 valence electrons. The monoisotopic (exact) mass is 224 g/mol. The average Bonchev–Trinajstić information content (AvgIpc) is 2.77. The maximum atomic E-state index is 9.15. The third kappa shape index (κ3) is 2.87.